The summed E-state index contributed by atoms with van der Waals surface area (Å²) in [5.41, 5.74) is 6.03. The number of carbonyl (C=O) groups excluding carboxylic acids is 1. The fourth-order valence-electron chi connectivity index (χ4n) is 5.31. The number of ether oxygens (including phenoxy) is 2. The molecule has 4 aromatic rings. The second-order valence-electron chi connectivity index (χ2n) is 10.3. The lowest BCUT2D eigenvalue weighted by atomic mass is 9.92. The van der Waals surface area contributed by atoms with Gasteiger partial charge in [0.05, 0.1) is 29.6 Å². The molecule has 0 radical (unpaired) electrons. The molecule has 2 fully saturated rings. The van der Waals surface area contributed by atoms with Crippen molar-refractivity contribution in [1.82, 2.24) is 9.72 Å². The average Bonchev–Trinajstić information content (AvgIpc) is 3.56. The second kappa shape index (κ2) is 9.61. The molecule has 192 valence electrons. The molecule has 2 aliphatic carbocycles. The standard InChI is InChI=1S/C30H33N3O4/c1-4-35-24-14-15-25-26(16-24)33(23-6-5-7-23)28(27(25)29-18(2)17-31-37-29)21-10-12-22(13-11-21)32-30(34)36-19(3)20-8-9-20/h10-17,19-20,23H,4-9H2,1-3H3,(H,32,34). The quantitative estimate of drug-likeness (QED) is 0.268. The molecule has 0 saturated heterocycles. The summed E-state index contributed by atoms with van der Waals surface area (Å²) >= 11 is 0. The van der Waals surface area contributed by atoms with Crippen molar-refractivity contribution >= 4 is 22.7 Å². The minimum Gasteiger partial charge on any atom is -0.494 e. The first-order valence-corrected chi connectivity index (χ1v) is 13.3. The van der Waals surface area contributed by atoms with E-state index in [0.717, 1.165) is 70.5 Å². The highest BCUT2D eigenvalue weighted by Crippen LogP contribution is 2.48. The predicted molar refractivity (Wildman–Crippen MR) is 144 cm³/mol. The van der Waals surface area contributed by atoms with Gasteiger partial charge < -0.3 is 18.6 Å². The second-order valence-corrected chi connectivity index (χ2v) is 10.3. The Bertz CT molecular complexity index is 1430. The molecule has 0 aliphatic heterocycles. The van der Waals surface area contributed by atoms with Crippen LogP contribution in [0.25, 0.3) is 33.5 Å². The molecule has 1 atom stereocenters. The van der Waals surface area contributed by atoms with Crippen LogP contribution in [0.4, 0.5) is 10.5 Å². The number of rotatable bonds is 8. The highest BCUT2D eigenvalue weighted by molar-refractivity contribution is 6.04. The van der Waals surface area contributed by atoms with Crippen LogP contribution < -0.4 is 10.1 Å². The van der Waals surface area contributed by atoms with Gasteiger partial charge in [0.2, 0.25) is 0 Å². The molecule has 2 aliphatic rings. The minimum atomic E-state index is -0.405. The van der Waals surface area contributed by atoms with Gasteiger partial charge in [0.25, 0.3) is 0 Å². The lowest BCUT2D eigenvalue weighted by molar-refractivity contribution is 0.108. The van der Waals surface area contributed by atoms with Crippen molar-refractivity contribution in [3.05, 3.63) is 54.2 Å². The Kier molecular flexibility index (Phi) is 6.14. The normalized spacial score (nSPS) is 16.4. The number of hydrogen-bond donors (Lipinski definition) is 1. The molecule has 2 saturated carbocycles. The molecule has 2 heterocycles. The van der Waals surface area contributed by atoms with E-state index in [1.165, 1.54) is 6.42 Å². The van der Waals surface area contributed by atoms with E-state index in [1.54, 1.807) is 6.20 Å². The van der Waals surface area contributed by atoms with Crippen LogP contribution in [0.5, 0.6) is 5.75 Å². The van der Waals surface area contributed by atoms with Gasteiger partial charge in [0.1, 0.15) is 11.9 Å². The molecule has 1 unspecified atom stereocenters. The number of aromatic nitrogens is 2. The number of amides is 1. The van der Waals surface area contributed by atoms with Gasteiger partial charge in [0.15, 0.2) is 5.76 Å². The summed E-state index contributed by atoms with van der Waals surface area (Å²) in [5, 5.41) is 8.09. The fraction of sp³-hybridized carbons (Fsp3) is 0.400. The number of fused-ring (bicyclic) bond motifs is 1. The van der Waals surface area contributed by atoms with Gasteiger partial charge in [-0.2, -0.15) is 0 Å². The van der Waals surface area contributed by atoms with Crippen LogP contribution in [-0.4, -0.2) is 28.5 Å². The molecule has 1 amide bonds. The van der Waals surface area contributed by atoms with Crippen LogP contribution in [-0.2, 0) is 4.74 Å². The first-order valence-electron chi connectivity index (χ1n) is 13.3. The average molecular weight is 500 g/mol. The van der Waals surface area contributed by atoms with E-state index < -0.39 is 6.09 Å². The Labute approximate surface area is 216 Å². The van der Waals surface area contributed by atoms with Crippen molar-refractivity contribution < 1.29 is 18.8 Å². The molecule has 0 bridgehead atoms. The van der Waals surface area contributed by atoms with Gasteiger partial charge in [-0.05, 0) is 88.6 Å². The number of aryl methyl sites for hydroxylation is 1. The van der Waals surface area contributed by atoms with Crippen LogP contribution >= 0.6 is 0 Å². The molecular weight excluding hydrogens is 466 g/mol. The minimum absolute atomic E-state index is 0.0493. The summed E-state index contributed by atoms with van der Waals surface area (Å²) in [6.45, 7) is 6.61. The van der Waals surface area contributed by atoms with Crippen LogP contribution in [0.2, 0.25) is 0 Å². The van der Waals surface area contributed by atoms with E-state index in [2.05, 4.69) is 39.3 Å². The highest BCUT2D eigenvalue weighted by Gasteiger charge is 2.31. The Balaban J connectivity index is 1.43. The number of carbonyl (C=O) groups is 1. The van der Waals surface area contributed by atoms with Gasteiger partial charge in [-0.3, -0.25) is 5.32 Å². The lowest BCUT2D eigenvalue weighted by Gasteiger charge is -2.30. The maximum atomic E-state index is 12.4. The van der Waals surface area contributed by atoms with Gasteiger partial charge in [-0.15, -0.1) is 0 Å². The smallest absolute Gasteiger partial charge is 0.411 e. The zero-order chi connectivity index (χ0) is 25.5. The third-order valence-corrected chi connectivity index (χ3v) is 7.69. The maximum absolute atomic E-state index is 12.4. The zero-order valence-corrected chi connectivity index (χ0v) is 21.6. The number of nitrogens with zero attached hydrogens (tertiary/aromatic N) is 2. The Hall–Kier alpha value is -3.74. The van der Waals surface area contributed by atoms with Crippen LogP contribution in [0.1, 0.15) is 57.6 Å². The van der Waals surface area contributed by atoms with Crippen molar-refractivity contribution in [2.24, 2.45) is 5.92 Å². The van der Waals surface area contributed by atoms with Crippen molar-refractivity contribution in [3.8, 4) is 28.3 Å². The van der Waals surface area contributed by atoms with Crippen LogP contribution in [0, 0.1) is 12.8 Å². The Morgan fingerprint density at radius 1 is 1.16 bits per heavy atom. The largest absolute Gasteiger partial charge is 0.494 e. The fourth-order valence-corrected chi connectivity index (χ4v) is 5.31. The first kappa shape index (κ1) is 23.6. The molecule has 7 nitrogen and oxygen atoms in total. The third-order valence-electron chi connectivity index (χ3n) is 7.69. The first-order chi connectivity index (χ1) is 18.0. The molecule has 0 spiro atoms. The van der Waals surface area contributed by atoms with E-state index in [4.69, 9.17) is 14.0 Å². The zero-order valence-electron chi connectivity index (χ0n) is 21.6. The molecular formula is C30H33N3O4. The number of anilines is 1. The Morgan fingerprint density at radius 3 is 2.57 bits per heavy atom. The summed E-state index contributed by atoms with van der Waals surface area (Å²) in [6, 6.07) is 14.7. The number of benzene rings is 2. The SMILES string of the molecule is CCOc1ccc2c(-c3oncc3C)c(-c3ccc(NC(=O)OC(C)C4CC4)cc3)n(C3CCC3)c2c1. The summed E-state index contributed by atoms with van der Waals surface area (Å²) in [4.78, 5) is 12.4. The molecule has 6 rings (SSSR count). The topological polar surface area (TPSA) is 78.5 Å². The van der Waals surface area contributed by atoms with Crippen molar-refractivity contribution in [2.45, 2.75) is 65.0 Å². The van der Waals surface area contributed by atoms with Gasteiger partial charge in [0, 0.05) is 28.7 Å². The van der Waals surface area contributed by atoms with E-state index in [0.29, 0.717) is 24.3 Å². The van der Waals surface area contributed by atoms with E-state index in [9.17, 15) is 4.79 Å². The van der Waals surface area contributed by atoms with Crippen molar-refractivity contribution in [3.63, 3.8) is 0 Å². The van der Waals surface area contributed by atoms with Gasteiger partial charge in [-0.25, -0.2) is 4.79 Å². The summed E-state index contributed by atoms with van der Waals surface area (Å²) in [5.74, 6) is 2.14. The van der Waals surface area contributed by atoms with Crippen LogP contribution in [0.3, 0.4) is 0 Å². The van der Waals surface area contributed by atoms with E-state index in [-0.39, 0.29) is 6.10 Å². The molecule has 1 N–H and O–H groups in total. The maximum Gasteiger partial charge on any atom is 0.411 e. The predicted octanol–water partition coefficient (Wildman–Crippen LogP) is 7.74. The summed E-state index contributed by atoms with van der Waals surface area (Å²) in [6.07, 6.45) is 7.07. The molecule has 37 heavy (non-hydrogen) atoms. The summed E-state index contributed by atoms with van der Waals surface area (Å²) in [7, 11) is 0. The number of hydrogen-bond acceptors (Lipinski definition) is 5. The van der Waals surface area contributed by atoms with Crippen LogP contribution in [0.15, 0.2) is 53.2 Å². The van der Waals surface area contributed by atoms with Crippen molar-refractivity contribution in [1.29, 1.82) is 0 Å². The lowest BCUT2D eigenvalue weighted by Crippen LogP contribution is -2.21. The van der Waals surface area contributed by atoms with Gasteiger partial charge in [-0.1, -0.05) is 17.3 Å². The summed E-state index contributed by atoms with van der Waals surface area (Å²) < 4.78 is 19.7. The molecule has 7 heteroatoms. The van der Waals surface area contributed by atoms with Gasteiger partial charge >= 0.3 is 6.09 Å². The molecule has 2 aromatic carbocycles. The number of nitrogens with one attached hydrogen (secondary N) is 1. The highest BCUT2D eigenvalue weighted by atomic mass is 16.6. The third kappa shape index (κ3) is 4.47. The monoisotopic (exact) mass is 499 g/mol. The Morgan fingerprint density at radius 2 is 1.95 bits per heavy atom. The van der Waals surface area contributed by atoms with E-state index in [1.807, 2.05) is 39.0 Å². The molecule has 2 aromatic heterocycles. The van der Waals surface area contributed by atoms with E-state index >= 15 is 0 Å². The van der Waals surface area contributed by atoms with Crippen molar-refractivity contribution in [2.75, 3.05) is 11.9 Å².